The Morgan fingerprint density at radius 3 is 1.79 bits per heavy atom. The molecule has 1 aromatic carbocycles. The first-order valence-electron chi connectivity index (χ1n) is 3.47. The van der Waals surface area contributed by atoms with Gasteiger partial charge in [-0.05, 0) is 24.3 Å². The van der Waals surface area contributed by atoms with Crippen molar-refractivity contribution >= 4 is 15.7 Å². The van der Waals surface area contributed by atoms with Gasteiger partial charge in [0.05, 0.1) is 4.90 Å². The van der Waals surface area contributed by atoms with Gasteiger partial charge in [-0.15, -0.1) is 0 Å². The molecule has 0 aliphatic rings. The Labute approximate surface area is 82.0 Å². The second kappa shape index (κ2) is 5.52. The zero-order valence-electron chi connectivity index (χ0n) is 7.34. The van der Waals surface area contributed by atoms with Crippen LogP contribution >= 0.6 is 0 Å². The Balaban J connectivity index is 0.000000791. The molecule has 0 aliphatic carbocycles. The molecule has 0 amide bonds. The van der Waals surface area contributed by atoms with Crippen LogP contribution in [0, 0.1) is 0 Å². The number of benzene rings is 1. The lowest BCUT2D eigenvalue weighted by atomic mass is 10.3. The second-order valence-electron chi connectivity index (χ2n) is 2.21. The summed E-state index contributed by atoms with van der Waals surface area (Å²) in [5.41, 5.74) is 3.00. The summed E-state index contributed by atoms with van der Waals surface area (Å²) in [6, 6.07) is 5.81. The van der Waals surface area contributed by atoms with Crippen molar-refractivity contribution in [2.45, 2.75) is 4.90 Å². The summed E-state index contributed by atoms with van der Waals surface area (Å²) in [7, 11) is -3.60. The van der Waals surface area contributed by atoms with E-state index < -0.39 is 10.0 Å². The highest BCUT2D eigenvalue weighted by atomic mass is 32.2. The fraction of sp³-hybridized carbons (Fsp3) is 0. The molecule has 0 atom stereocenters. The number of nitrogens with two attached hydrogens (primary N) is 4. The molecule has 0 unspecified atom stereocenters. The van der Waals surface area contributed by atoms with Crippen LogP contribution in [0.3, 0.4) is 0 Å². The summed E-state index contributed by atoms with van der Waals surface area (Å²) >= 11 is 0. The van der Waals surface area contributed by atoms with E-state index in [9.17, 15) is 8.42 Å². The standard InChI is InChI=1S/C6H9N3O2S.H4N2/c7-9-5-1-3-6(4-2-5)12(8,10)11;1-2/h1-4,9H,7H2,(H2,8,10,11);1-2H2. The first-order valence-corrected chi connectivity index (χ1v) is 5.01. The third-order valence-corrected chi connectivity index (χ3v) is 2.28. The van der Waals surface area contributed by atoms with Gasteiger partial charge in [0, 0.05) is 5.69 Å². The van der Waals surface area contributed by atoms with E-state index in [0.717, 1.165) is 0 Å². The lowest BCUT2D eigenvalue weighted by molar-refractivity contribution is 0.598. The minimum Gasteiger partial charge on any atom is -0.324 e. The first kappa shape index (κ1) is 12.8. The van der Waals surface area contributed by atoms with Crippen molar-refractivity contribution in [1.82, 2.24) is 0 Å². The van der Waals surface area contributed by atoms with Gasteiger partial charge in [-0.1, -0.05) is 0 Å². The van der Waals surface area contributed by atoms with Crippen molar-refractivity contribution in [3.63, 3.8) is 0 Å². The molecule has 14 heavy (non-hydrogen) atoms. The van der Waals surface area contributed by atoms with E-state index in [2.05, 4.69) is 17.1 Å². The third kappa shape index (κ3) is 3.68. The topological polar surface area (TPSA) is 150 Å². The molecule has 80 valence electrons. The van der Waals surface area contributed by atoms with Gasteiger partial charge in [-0.25, -0.2) is 13.6 Å². The smallest absolute Gasteiger partial charge is 0.238 e. The van der Waals surface area contributed by atoms with Crippen molar-refractivity contribution in [2.75, 3.05) is 5.43 Å². The normalized spacial score (nSPS) is 10.0. The quantitative estimate of drug-likeness (QED) is 0.300. The zero-order valence-corrected chi connectivity index (χ0v) is 8.16. The van der Waals surface area contributed by atoms with Crippen LogP contribution in [0.5, 0.6) is 0 Å². The molecule has 7 nitrogen and oxygen atoms in total. The van der Waals surface area contributed by atoms with Crippen LogP contribution in [-0.2, 0) is 10.0 Å². The number of anilines is 1. The van der Waals surface area contributed by atoms with E-state index in [4.69, 9.17) is 11.0 Å². The number of hydrazine groups is 2. The van der Waals surface area contributed by atoms with Crippen LogP contribution in [-0.4, -0.2) is 8.42 Å². The van der Waals surface area contributed by atoms with Crippen molar-refractivity contribution in [2.24, 2.45) is 22.7 Å². The van der Waals surface area contributed by atoms with Crippen molar-refractivity contribution in [3.05, 3.63) is 24.3 Å². The minimum absolute atomic E-state index is 0.0708. The summed E-state index contributed by atoms with van der Waals surface area (Å²) in [5, 5.41) is 4.87. The number of hydrogen-bond acceptors (Lipinski definition) is 6. The van der Waals surface area contributed by atoms with Gasteiger partial charge in [0.25, 0.3) is 0 Å². The molecule has 0 aliphatic heterocycles. The Morgan fingerprint density at radius 2 is 1.50 bits per heavy atom. The number of primary sulfonamides is 1. The van der Waals surface area contributed by atoms with Gasteiger partial charge in [-0.2, -0.15) is 0 Å². The van der Waals surface area contributed by atoms with E-state index in [1.165, 1.54) is 24.3 Å². The van der Waals surface area contributed by atoms with E-state index in [-0.39, 0.29) is 4.90 Å². The number of hydrogen-bond donors (Lipinski definition) is 5. The number of sulfonamides is 1. The summed E-state index contributed by atoms with van der Waals surface area (Å²) in [5.74, 6) is 13.1. The monoisotopic (exact) mass is 219 g/mol. The van der Waals surface area contributed by atoms with Gasteiger partial charge >= 0.3 is 0 Å². The molecular formula is C6H13N5O2S. The molecule has 9 N–H and O–H groups in total. The second-order valence-corrected chi connectivity index (χ2v) is 3.78. The highest BCUT2D eigenvalue weighted by Crippen LogP contribution is 2.10. The highest BCUT2D eigenvalue weighted by molar-refractivity contribution is 7.89. The van der Waals surface area contributed by atoms with E-state index in [1.54, 1.807) is 0 Å². The maximum absolute atomic E-state index is 10.8. The SMILES string of the molecule is NN.NNc1ccc(S(N)(=O)=O)cc1. The highest BCUT2D eigenvalue weighted by Gasteiger charge is 2.05. The largest absolute Gasteiger partial charge is 0.324 e. The number of nitrogen functional groups attached to an aromatic ring is 1. The Bertz CT molecular complexity index is 360. The van der Waals surface area contributed by atoms with Gasteiger partial charge in [0.15, 0.2) is 0 Å². The summed E-state index contributed by atoms with van der Waals surface area (Å²) in [6.45, 7) is 0. The fourth-order valence-corrected chi connectivity index (χ4v) is 1.26. The lowest BCUT2D eigenvalue weighted by Gasteiger charge is -2.00. The van der Waals surface area contributed by atoms with Crippen LogP contribution in [0.4, 0.5) is 5.69 Å². The van der Waals surface area contributed by atoms with Crippen LogP contribution < -0.4 is 28.1 Å². The average Bonchev–Trinajstić information content (AvgIpc) is 2.20. The van der Waals surface area contributed by atoms with Gasteiger partial charge in [0.2, 0.25) is 10.0 Å². The van der Waals surface area contributed by atoms with Crippen LogP contribution in [0.1, 0.15) is 0 Å². The minimum atomic E-state index is -3.60. The Morgan fingerprint density at radius 1 is 1.07 bits per heavy atom. The molecule has 0 aromatic heterocycles. The molecule has 0 radical (unpaired) electrons. The van der Waals surface area contributed by atoms with Crippen molar-refractivity contribution in [3.8, 4) is 0 Å². The number of rotatable bonds is 2. The third-order valence-electron chi connectivity index (χ3n) is 1.35. The molecule has 0 saturated carbocycles. The predicted molar refractivity (Wildman–Crippen MR) is 54.0 cm³/mol. The molecule has 0 bridgehead atoms. The molecule has 0 fully saturated rings. The molecule has 0 spiro atoms. The molecule has 0 saturated heterocycles. The van der Waals surface area contributed by atoms with Gasteiger partial charge in [0.1, 0.15) is 0 Å². The summed E-state index contributed by atoms with van der Waals surface area (Å²) < 4.78 is 21.5. The summed E-state index contributed by atoms with van der Waals surface area (Å²) in [4.78, 5) is 0.0708. The fourth-order valence-electron chi connectivity index (χ4n) is 0.741. The van der Waals surface area contributed by atoms with E-state index >= 15 is 0 Å². The number of nitrogens with one attached hydrogen (secondary N) is 1. The maximum atomic E-state index is 10.8. The first-order chi connectivity index (χ1) is 6.54. The van der Waals surface area contributed by atoms with E-state index in [1.807, 2.05) is 0 Å². The van der Waals surface area contributed by atoms with Crippen molar-refractivity contribution < 1.29 is 8.42 Å². The van der Waals surface area contributed by atoms with Gasteiger partial charge < -0.3 is 5.43 Å². The van der Waals surface area contributed by atoms with Crippen molar-refractivity contribution in [1.29, 1.82) is 0 Å². The van der Waals surface area contributed by atoms with E-state index in [0.29, 0.717) is 5.69 Å². The van der Waals surface area contributed by atoms with Crippen LogP contribution in [0.2, 0.25) is 0 Å². The Hall–Kier alpha value is -1.19. The van der Waals surface area contributed by atoms with Crippen LogP contribution in [0.25, 0.3) is 0 Å². The molecule has 1 rings (SSSR count). The Kier molecular flexibility index (Phi) is 5.05. The molecule has 1 aromatic rings. The van der Waals surface area contributed by atoms with Crippen LogP contribution in [0.15, 0.2) is 29.2 Å². The molecule has 0 heterocycles. The molecular weight excluding hydrogens is 206 g/mol. The predicted octanol–water partition coefficient (Wildman–Crippen LogP) is -1.56. The maximum Gasteiger partial charge on any atom is 0.238 e. The lowest BCUT2D eigenvalue weighted by Crippen LogP contribution is -2.12. The molecule has 8 heteroatoms. The summed E-state index contributed by atoms with van der Waals surface area (Å²) in [6.07, 6.45) is 0. The average molecular weight is 219 g/mol. The van der Waals surface area contributed by atoms with Gasteiger partial charge in [-0.3, -0.25) is 17.5 Å². The zero-order chi connectivity index (χ0) is 11.2.